The summed E-state index contributed by atoms with van der Waals surface area (Å²) in [5.41, 5.74) is 4.36. The van der Waals surface area contributed by atoms with Gasteiger partial charge in [0.05, 0.1) is 25.1 Å². The van der Waals surface area contributed by atoms with Crippen molar-refractivity contribution in [3.8, 4) is 22.8 Å². The minimum absolute atomic E-state index is 0.259. The Hall–Kier alpha value is -2.83. The van der Waals surface area contributed by atoms with Crippen molar-refractivity contribution < 1.29 is 14.6 Å². The van der Waals surface area contributed by atoms with E-state index < -0.39 is 0 Å². The van der Waals surface area contributed by atoms with Gasteiger partial charge in [-0.3, -0.25) is 10.00 Å². The van der Waals surface area contributed by atoms with E-state index in [0.717, 1.165) is 61.7 Å². The predicted molar refractivity (Wildman–Crippen MR) is 112 cm³/mol. The molecule has 152 valence electrons. The lowest BCUT2D eigenvalue weighted by Gasteiger charge is -2.25. The van der Waals surface area contributed by atoms with E-state index in [1.807, 2.05) is 30.5 Å². The second-order valence-corrected chi connectivity index (χ2v) is 7.47. The zero-order valence-electron chi connectivity index (χ0n) is 16.7. The number of aromatic hydroxyl groups is 1. The van der Waals surface area contributed by atoms with Gasteiger partial charge in [-0.05, 0) is 54.8 Å². The molecule has 0 amide bonds. The molecule has 6 heteroatoms. The molecule has 6 nitrogen and oxygen atoms in total. The van der Waals surface area contributed by atoms with Crippen molar-refractivity contribution in [2.24, 2.45) is 0 Å². The van der Waals surface area contributed by atoms with Gasteiger partial charge in [0.15, 0.2) is 0 Å². The van der Waals surface area contributed by atoms with Crippen molar-refractivity contribution in [3.05, 3.63) is 65.9 Å². The molecule has 0 bridgehead atoms. The van der Waals surface area contributed by atoms with E-state index in [1.165, 1.54) is 5.56 Å². The summed E-state index contributed by atoms with van der Waals surface area (Å²) in [7, 11) is 1.68. The molecular formula is C23H27N3O3. The molecule has 2 aromatic carbocycles. The van der Waals surface area contributed by atoms with Crippen LogP contribution in [0.5, 0.6) is 11.5 Å². The summed E-state index contributed by atoms with van der Waals surface area (Å²) in [6.45, 7) is 3.32. The zero-order chi connectivity index (χ0) is 20.1. The van der Waals surface area contributed by atoms with Gasteiger partial charge in [-0.15, -0.1) is 0 Å². The third-order valence-electron chi connectivity index (χ3n) is 5.32. The minimum atomic E-state index is 0.259. The van der Waals surface area contributed by atoms with Gasteiger partial charge in [-0.2, -0.15) is 5.10 Å². The number of aromatic amines is 1. The molecule has 29 heavy (non-hydrogen) atoms. The highest BCUT2D eigenvalue weighted by Gasteiger charge is 2.21. The lowest BCUT2D eigenvalue weighted by Crippen LogP contribution is -2.31. The van der Waals surface area contributed by atoms with E-state index in [9.17, 15) is 5.11 Å². The smallest absolute Gasteiger partial charge is 0.118 e. The number of nitrogens with one attached hydrogen (secondary N) is 1. The molecule has 0 spiro atoms. The van der Waals surface area contributed by atoms with Crippen LogP contribution >= 0.6 is 0 Å². The molecule has 1 fully saturated rings. The molecule has 1 aromatic heterocycles. The van der Waals surface area contributed by atoms with Crippen LogP contribution in [0.25, 0.3) is 11.3 Å². The number of phenols is 1. The average molecular weight is 393 g/mol. The van der Waals surface area contributed by atoms with E-state index in [2.05, 4.69) is 27.2 Å². The van der Waals surface area contributed by atoms with E-state index in [-0.39, 0.29) is 11.9 Å². The first-order valence-corrected chi connectivity index (χ1v) is 10.00. The summed E-state index contributed by atoms with van der Waals surface area (Å²) in [4.78, 5) is 2.41. The number of hydrogen-bond acceptors (Lipinski definition) is 5. The van der Waals surface area contributed by atoms with Gasteiger partial charge >= 0.3 is 0 Å². The maximum atomic E-state index is 9.57. The fraction of sp³-hybridized carbons (Fsp3) is 0.348. The highest BCUT2D eigenvalue weighted by molar-refractivity contribution is 5.63. The Bertz CT molecular complexity index is 900. The Morgan fingerprint density at radius 2 is 1.93 bits per heavy atom. The highest BCUT2D eigenvalue weighted by atomic mass is 16.5. The quantitative estimate of drug-likeness (QED) is 0.606. The normalized spacial score (nSPS) is 16.4. The van der Waals surface area contributed by atoms with Crippen molar-refractivity contribution in [1.82, 2.24) is 15.1 Å². The predicted octanol–water partition coefficient (Wildman–Crippen LogP) is 3.97. The van der Waals surface area contributed by atoms with Crippen LogP contribution in [0.2, 0.25) is 0 Å². The van der Waals surface area contributed by atoms with Crippen LogP contribution in [0.1, 0.15) is 24.0 Å². The van der Waals surface area contributed by atoms with E-state index >= 15 is 0 Å². The van der Waals surface area contributed by atoms with Gasteiger partial charge in [0.1, 0.15) is 11.5 Å². The third kappa shape index (κ3) is 4.96. The summed E-state index contributed by atoms with van der Waals surface area (Å²) in [6, 6.07) is 15.4. The van der Waals surface area contributed by atoms with Crippen molar-refractivity contribution in [2.45, 2.75) is 32.0 Å². The zero-order valence-corrected chi connectivity index (χ0v) is 16.7. The molecule has 2 heterocycles. The first-order chi connectivity index (χ1) is 14.2. The topological polar surface area (TPSA) is 70.6 Å². The molecule has 4 rings (SSSR count). The first kappa shape index (κ1) is 19.5. The van der Waals surface area contributed by atoms with E-state index in [0.29, 0.717) is 0 Å². The largest absolute Gasteiger partial charge is 0.508 e. The average Bonchev–Trinajstić information content (AvgIpc) is 3.41. The van der Waals surface area contributed by atoms with Crippen molar-refractivity contribution in [2.75, 3.05) is 20.3 Å². The fourth-order valence-electron chi connectivity index (χ4n) is 3.80. The molecule has 2 N–H and O–H groups in total. The second-order valence-electron chi connectivity index (χ2n) is 7.47. The Morgan fingerprint density at radius 3 is 2.62 bits per heavy atom. The van der Waals surface area contributed by atoms with Gasteiger partial charge in [0, 0.05) is 37.4 Å². The Labute approximate surface area is 171 Å². The molecule has 0 saturated carbocycles. The van der Waals surface area contributed by atoms with Gasteiger partial charge in [0.25, 0.3) is 0 Å². The fourth-order valence-corrected chi connectivity index (χ4v) is 3.80. The summed E-state index contributed by atoms with van der Waals surface area (Å²) in [6.07, 6.45) is 4.40. The number of aromatic nitrogens is 2. The van der Waals surface area contributed by atoms with Gasteiger partial charge in [-0.1, -0.05) is 12.1 Å². The maximum Gasteiger partial charge on any atom is 0.118 e. The van der Waals surface area contributed by atoms with Crippen LogP contribution in [0.3, 0.4) is 0 Å². The van der Waals surface area contributed by atoms with E-state index in [4.69, 9.17) is 9.47 Å². The lowest BCUT2D eigenvalue weighted by atomic mass is 10.1. The molecular weight excluding hydrogens is 366 g/mol. The molecule has 1 atom stereocenters. The number of ether oxygens (including phenoxy) is 2. The monoisotopic (exact) mass is 393 g/mol. The summed E-state index contributed by atoms with van der Waals surface area (Å²) in [5, 5.41) is 17.0. The standard InChI is InChI=1S/C23H27N3O3/c1-28-21-10-4-17(5-11-21)14-26(16-22-3-2-12-29-22)15-19-13-24-25-23(19)18-6-8-20(27)9-7-18/h4-11,13,22,27H,2-3,12,14-16H2,1H3,(H,24,25)/t22-/m1/s1. The summed E-state index contributed by atoms with van der Waals surface area (Å²) >= 11 is 0. The van der Waals surface area contributed by atoms with Crippen LogP contribution in [-0.2, 0) is 17.8 Å². The lowest BCUT2D eigenvalue weighted by molar-refractivity contribution is 0.0679. The van der Waals surface area contributed by atoms with Crippen LogP contribution in [-0.4, -0.2) is 46.6 Å². The van der Waals surface area contributed by atoms with Crippen LogP contribution < -0.4 is 4.74 Å². The Balaban J connectivity index is 1.53. The Kier molecular flexibility index (Phi) is 6.12. The molecule has 1 saturated heterocycles. The SMILES string of the molecule is COc1ccc(CN(Cc2cn[nH]c2-c2ccc(O)cc2)C[C@H]2CCCO2)cc1. The molecule has 3 aromatic rings. The number of phenolic OH excluding ortho intramolecular Hbond substituents is 1. The van der Waals surface area contributed by atoms with Crippen molar-refractivity contribution >= 4 is 0 Å². The van der Waals surface area contributed by atoms with Gasteiger partial charge < -0.3 is 14.6 Å². The molecule has 0 unspecified atom stereocenters. The van der Waals surface area contributed by atoms with Crippen molar-refractivity contribution in [1.29, 1.82) is 0 Å². The number of methoxy groups -OCH3 is 1. The first-order valence-electron chi connectivity index (χ1n) is 10.00. The Morgan fingerprint density at radius 1 is 1.14 bits per heavy atom. The maximum absolute atomic E-state index is 9.57. The number of hydrogen-bond donors (Lipinski definition) is 2. The van der Waals surface area contributed by atoms with Gasteiger partial charge in [0.2, 0.25) is 0 Å². The number of H-pyrrole nitrogens is 1. The summed E-state index contributed by atoms with van der Waals surface area (Å²) in [5.74, 6) is 1.12. The minimum Gasteiger partial charge on any atom is -0.508 e. The molecule has 0 radical (unpaired) electrons. The van der Waals surface area contributed by atoms with E-state index in [1.54, 1.807) is 19.2 Å². The van der Waals surface area contributed by atoms with Gasteiger partial charge in [-0.25, -0.2) is 0 Å². The molecule has 1 aliphatic rings. The number of rotatable bonds is 8. The summed E-state index contributed by atoms with van der Waals surface area (Å²) < 4.78 is 11.2. The number of benzene rings is 2. The molecule has 1 aliphatic heterocycles. The van der Waals surface area contributed by atoms with Crippen LogP contribution in [0.15, 0.2) is 54.7 Å². The molecule has 0 aliphatic carbocycles. The van der Waals surface area contributed by atoms with Crippen molar-refractivity contribution in [3.63, 3.8) is 0 Å². The highest BCUT2D eigenvalue weighted by Crippen LogP contribution is 2.26. The number of nitrogens with zero attached hydrogens (tertiary/aromatic N) is 2. The third-order valence-corrected chi connectivity index (χ3v) is 5.32. The van der Waals surface area contributed by atoms with Crippen LogP contribution in [0.4, 0.5) is 0 Å². The van der Waals surface area contributed by atoms with Crippen LogP contribution in [0, 0.1) is 0 Å². The second kappa shape index (κ2) is 9.11.